The first-order valence-electron chi connectivity index (χ1n) is 9.02. The Kier molecular flexibility index (Phi) is 4.81. The molecule has 1 aromatic heterocycles. The zero-order valence-electron chi connectivity index (χ0n) is 16.1. The van der Waals surface area contributed by atoms with Gasteiger partial charge in [0, 0.05) is 23.4 Å². The zero-order chi connectivity index (χ0) is 21.3. The fourth-order valence-electron chi connectivity index (χ4n) is 3.13. The van der Waals surface area contributed by atoms with Crippen LogP contribution in [0.5, 0.6) is 5.75 Å². The average molecular weight is 402 g/mol. The van der Waals surface area contributed by atoms with Crippen molar-refractivity contribution in [1.82, 2.24) is 9.71 Å². The number of rotatable bonds is 5. The lowest BCUT2D eigenvalue weighted by Gasteiger charge is -2.09. The summed E-state index contributed by atoms with van der Waals surface area (Å²) in [5, 5.41) is 24.7. The number of methoxy groups -OCH3 is 1. The SMILES string of the molecule is C=[N+]([O-])c1ccc2nc(-c3ccc(NC(=O)c4ccccc4OC)cc3)n(O)c2c1. The molecule has 8 nitrogen and oxygen atoms in total. The van der Waals surface area contributed by atoms with Crippen molar-refractivity contribution in [3.05, 3.63) is 77.5 Å². The first-order valence-corrected chi connectivity index (χ1v) is 9.02. The molecule has 0 unspecified atom stereocenters. The van der Waals surface area contributed by atoms with Gasteiger partial charge in [-0.15, -0.1) is 0 Å². The average Bonchev–Trinajstić information content (AvgIpc) is 3.10. The van der Waals surface area contributed by atoms with E-state index in [2.05, 4.69) is 17.0 Å². The minimum atomic E-state index is -0.294. The van der Waals surface area contributed by atoms with Crippen molar-refractivity contribution >= 4 is 35.0 Å². The molecule has 0 saturated heterocycles. The summed E-state index contributed by atoms with van der Waals surface area (Å²) < 4.78 is 6.61. The van der Waals surface area contributed by atoms with Crippen LogP contribution < -0.4 is 10.1 Å². The van der Waals surface area contributed by atoms with Crippen LogP contribution in [0, 0.1) is 5.21 Å². The minimum Gasteiger partial charge on any atom is -0.619 e. The molecule has 0 atom stereocenters. The van der Waals surface area contributed by atoms with Gasteiger partial charge in [0.05, 0.1) is 18.2 Å². The molecule has 3 aromatic carbocycles. The Balaban J connectivity index is 1.60. The predicted molar refractivity (Wildman–Crippen MR) is 114 cm³/mol. The van der Waals surface area contributed by atoms with Crippen LogP contribution in [0.3, 0.4) is 0 Å². The molecule has 2 N–H and O–H groups in total. The van der Waals surface area contributed by atoms with Gasteiger partial charge in [-0.2, -0.15) is 9.47 Å². The van der Waals surface area contributed by atoms with Crippen molar-refractivity contribution in [1.29, 1.82) is 0 Å². The summed E-state index contributed by atoms with van der Waals surface area (Å²) in [5.74, 6) is 0.502. The van der Waals surface area contributed by atoms with Gasteiger partial charge in [0.1, 0.15) is 18.0 Å². The summed E-state index contributed by atoms with van der Waals surface area (Å²) >= 11 is 0. The number of para-hydroxylation sites is 1. The largest absolute Gasteiger partial charge is 0.619 e. The topological polar surface area (TPSA) is 102 Å². The molecule has 0 aliphatic rings. The van der Waals surface area contributed by atoms with Crippen LogP contribution in [0.1, 0.15) is 10.4 Å². The second-order valence-electron chi connectivity index (χ2n) is 6.53. The molecular weight excluding hydrogens is 384 g/mol. The molecular formula is C22H18N4O4. The molecule has 30 heavy (non-hydrogen) atoms. The van der Waals surface area contributed by atoms with E-state index in [1.807, 2.05) is 0 Å². The number of nitrogens with zero attached hydrogens (tertiary/aromatic N) is 3. The van der Waals surface area contributed by atoms with Gasteiger partial charge >= 0.3 is 0 Å². The van der Waals surface area contributed by atoms with E-state index in [0.29, 0.717) is 49.8 Å². The highest BCUT2D eigenvalue weighted by atomic mass is 16.5. The maximum absolute atomic E-state index is 12.5. The first-order chi connectivity index (χ1) is 14.5. The number of carbonyl (C=O) groups is 1. The standard InChI is InChI=1S/C22H18N4O4/c1-25(28)16-11-12-18-19(13-16)26(29)21(24-18)14-7-9-15(10-8-14)23-22(27)17-5-3-4-6-20(17)30-2/h3-13,29H,1H2,2H3,(H,23,27). The second-order valence-corrected chi connectivity index (χ2v) is 6.53. The number of anilines is 1. The lowest BCUT2D eigenvalue weighted by Crippen LogP contribution is -2.13. The molecule has 0 aliphatic heterocycles. The van der Waals surface area contributed by atoms with Crippen LogP contribution in [-0.2, 0) is 0 Å². The summed E-state index contributed by atoms with van der Waals surface area (Å²) in [7, 11) is 1.51. The summed E-state index contributed by atoms with van der Waals surface area (Å²) in [6.07, 6.45) is 0. The summed E-state index contributed by atoms with van der Waals surface area (Å²) in [5.41, 5.74) is 2.87. The normalized spacial score (nSPS) is 10.7. The van der Waals surface area contributed by atoms with Crippen LogP contribution in [0.4, 0.5) is 11.4 Å². The van der Waals surface area contributed by atoms with Gasteiger partial charge in [-0.25, -0.2) is 4.98 Å². The number of fused-ring (bicyclic) bond motifs is 1. The van der Waals surface area contributed by atoms with Gasteiger partial charge < -0.3 is 20.5 Å². The minimum absolute atomic E-state index is 0.294. The Morgan fingerprint density at radius 3 is 2.60 bits per heavy atom. The highest BCUT2D eigenvalue weighted by Gasteiger charge is 2.15. The summed E-state index contributed by atoms with van der Waals surface area (Å²) in [6.45, 7) is 3.30. The molecule has 0 bridgehead atoms. The van der Waals surface area contributed by atoms with E-state index in [9.17, 15) is 15.2 Å². The number of hydrogen-bond donors (Lipinski definition) is 2. The van der Waals surface area contributed by atoms with E-state index < -0.39 is 0 Å². The monoisotopic (exact) mass is 402 g/mol. The Labute approximate surface area is 171 Å². The lowest BCUT2D eigenvalue weighted by atomic mass is 10.1. The zero-order valence-corrected chi connectivity index (χ0v) is 16.1. The molecule has 4 rings (SSSR count). The van der Waals surface area contributed by atoms with Crippen LogP contribution in [0.2, 0.25) is 0 Å². The molecule has 0 aliphatic carbocycles. The van der Waals surface area contributed by atoms with Crippen LogP contribution in [0.15, 0.2) is 66.7 Å². The number of carbonyl (C=O) groups excluding carboxylic acids is 1. The third kappa shape index (κ3) is 3.42. The lowest BCUT2D eigenvalue weighted by molar-refractivity contribution is -0.349. The van der Waals surface area contributed by atoms with Crippen molar-refractivity contribution < 1.29 is 19.5 Å². The van der Waals surface area contributed by atoms with Gasteiger partial charge in [0.25, 0.3) is 5.91 Å². The maximum atomic E-state index is 12.5. The molecule has 150 valence electrons. The number of amides is 1. The molecule has 1 heterocycles. The van der Waals surface area contributed by atoms with Crippen molar-refractivity contribution in [3.63, 3.8) is 0 Å². The van der Waals surface area contributed by atoms with E-state index in [1.54, 1.807) is 60.7 Å². The number of aromatic nitrogens is 2. The fourth-order valence-corrected chi connectivity index (χ4v) is 3.13. The van der Waals surface area contributed by atoms with E-state index in [0.717, 1.165) is 4.73 Å². The van der Waals surface area contributed by atoms with Crippen molar-refractivity contribution in [2.45, 2.75) is 0 Å². The predicted octanol–water partition coefficient (Wildman–Crippen LogP) is 4.04. The maximum Gasteiger partial charge on any atom is 0.259 e. The van der Waals surface area contributed by atoms with Gasteiger partial charge in [0.2, 0.25) is 5.69 Å². The molecule has 0 fully saturated rings. The molecule has 8 heteroatoms. The number of hydrogen-bond acceptors (Lipinski definition) is 5. The Morgan fingerprint density at radius 1 is 1.17 bits per heavy atom. The third-order valence-corrected chi connectivity index (χ3v) is 4.65. The molecule has 4 aromatic rings. The van der Waals surface area contributed by atoms with Crippen molar-refractivity contribution in [2.24, 2.45) is 0 Å². The van der Waals surface area contributed by atoms with Crippen LogP contribution >= 0.6 is 0 Å². The quantitative estimate of drug-likeness (QED) is 0.172. The van der Waals surface area contributed by atoms with Crippen LogP contribution in [-0.4, -0.2) is 39.4 Å². The Morgan fingerprint density at radius 2 is 1.90 bits per heavy atom. The van der Waals surface area contributed by atoms with E-state index in [4.69, 9.17) is 4.74 Å². The van der Waals surface area contributed by atoms with Gasteiger partial charge in [-0.3, -0.25) is 4.79 Å². The molecule has 0 spiro atoms. The smallest absolute Gasteiger partial charge is 0.259 e. The van der Waals surface area contributed by atoms with E-state index >= 15 is 0 Å². The Hall–Kier alpha value is -4.33. The number of nitrogens with one attached hydrogen (secondary N) is 1. The van der Waals surface area contributed by atoms with Gasteiger partial charge in [0.15, 0.2) is 5.82 Å². The van der Waals surface area contributed by atoms with E-state index in [1.165, 1.54) is 13.2 Å². The van der Waals surface area contributed by atoms with Gasteiger partial charge in [-0.1, -0.05) is 12.1 Å². The highest BCUT2D eigenvalue weighted by molar-refractivity contribution is 6.06. The highest BCUT2D eigenvalue weighted by Crippen LogP contribution is 2.27. The van der Waals surface area contributed by atoms with Crippen molar-refractivity contribution in [2.75, 3.05) is 12.4 Å². The molecule has 1 amide bonds. The van der Waals surface area contributed by atoms with Crippen molar-refractivity contribution in [3.8, 4) is 17.1 Å². The summed E-state index contributed by atoms with van der Waals surface area (Å²) in [4.78, 5) is 16.9. The number of benzene rings is 3. The summed E-state index contributed by atoms with van der Waals surface area (Å²) in [6, 6.07) is 18.6. The third-order valence-electron chi connectivity index (χ3n) is 4.65. The van der Waals surface area contributed by atoms with Gasteiger partial charge in [-0.05, 0) is 42.5 Å². The fraction of sp³-hybridized carbons (Fsp3) is 0.0455. The number of imidazole rings is 1. The van der Waals surface area contributed by atoms with Crippen LogP contribution in [0.25, 0.3) is 22.4 Å². The first kappa shape index (κ1) is 19.0. The molecule has 0 saturated carbocycles. The second kappa shape index (κ2) is 7.59. The number of ether oxygens (including phenoxy) is 1. The van der Waals surface area contributed by atoms with E-state index in [-0.39, 0.29) is 5.91 Å². The Bertz CT molecular complexity index is 1260. The molecule has 0 radical (unpaired) electrons.